The van der Waals surface area contributed by atoms with Gasteiger partial charge < -0.3 is 5.32 Å². The topological polar surface area (TPSA) is 79.8 Å². The lowest BCUT2D eigenvalue weighted by atomic mass is 10.2. The van der Waals surface area contributed by atoms with Crippen LogP contribution in [0.15, 0.2) is 0 Å². The molecule has 0 radical (unpaired) electrons. The van der Waals surface area contributed by atoms with Gasteiger partial charge >= 0.3 is 0 Å². The Labute approximate surface area is 117 Å². The van der Waals surface area contributed by atoms with Gasteiger partial charge in [-0.25, -0.2) is 4.98 Å². The Morgan fingerprint density at radius 3 is 2.79 bits per heavy atom. The van der Waals surface area contributed by atoms with Crippen LogP contribution >= 0.6 is 11.8 Å². The number of rotatable bonds is 4. The third kappa shape index (κ3) is 3.63. The molecule has 1 saturated heterocycles. The molecule has 19 heavy (non-hydrogen) atoms. The zero-order chi connectivity index (χ0) is 13.7. The van der Waals surface area contributed by atoms with Crippen LogP contribution < -0.4 is 10.6 Å². The van der Waals surface area contributed by atoms with Crippen LogP contribution in [0.1, 0.15) is 25.2 Å². The van der Waals surface area contributed by atoms with Crippen LogP contribution in [-0.2, 0) is 17.6 Å². The van der Waals surface area contributed by atoms with E-state index in [-0.39, 0.29) is 11.9 Å². The lowest BCUT2D eigenvalue weighted by Gasteiger charge is -2.21. The summed E-state index contributed by atoms with van der Waals surface area (Å²) in [6, 6.07) is -0.168. The van der Waals surface area contributed by atoms with Crippen LogP contribution in [0, 0.1) is 0 Å². The van der Waals surface area contributed by atoms with E-state index in [4.69, 9.17) is 0 Å². The van der Waals surface area contributed by atoms with Crippen LogP contribution in [0.25, 0.3) is 0 Å². The summed E-state index contributed by atoms with van der Waals surface area (Å²) in [5.74, 6) is 2.05. The van der Waals surface area contributed by atoms with Crippen molar-refractivity contribution in [1.29, 1.82) is 0 Å². The lowest BCUT2D eigenvalue weighted by molar-refractivity contribution is -0.117. The van der Waals surface area contributed by atoms with Crippen LogP contribution in [0.2, 0.25) is 0 Å². The van der Waals surface area contributed by atoms with Gasteiger partial charge in [0.2, 0.25) is 11.9 Å². The summed E-state index contributed by atoms with van der Waals surface area (Å²) < 4.78 is 0. The number of aromatic nitrogens is 3. The molecule has 2 N–H and O–H groups in total. The maximum Gasteiger partial charge on any atom is 0.249 e. The Bertz CT molecular complexity index is 448. The predicted octanol–water partition coefficient (Wildman–Crippen LogP) is 0.640. The minimum atomic E-state index is -0.168. The van der Waals surface area contributed by atoms with E-state index in [1.54, 1.807) is 11.8 Å². The van der Waals surface area contributed by atoms with Gasteiger partial charge in [0, 0.05) is 18.1 Å². The molecule has 1 aromatic heterocycles. The smallest absolute Gasteiger partial charge is 0.249 e. The van der Waals surface area contributed by atoms with Gasteiger partial charge in [-0.15, -0.1) is 10.2 Å². The summed E-state index contributed by atoms with van der Waals surface area (Å²) in [5.41, 5.74) is 1.80. The van der Waals surface area contributed by atoms with Crippen molar-refractivity contribution in [3.05, 3.63) is 11.4 Å². The lowest BCUT2D eigenvalue weighted by Crippen LogP contribution is -2.46. The van der Waals surface area contributed by atoms with Crippen molar-refractivity contribution in [2.75, 3.05) is 23.4 Å². The van der Waals surface area contributed by atoms with E-state index in [0.717, 1.165) is 42.3 Å². The number of carbonyl (C=O) groups excluding carboxylic acids is 1. The second-order valence-corrected chi connectivity index (χ2v) is 5.46. The summed E-state index contributed by atoms with van der Waals surface area (Å²) in [4.78, 5) is 16.4. The van der Waals surface area contributed by atoms with Crippen molar-refractivity contribution >= 4 is 23.6 Å². The first-order chi connectivity index (χ1) is 9.24. The van der Waals surface area contributed by atoms with E-state index in [0.29, 0.717) is 5.95 Å². The predicted molar refractivity (Wildman–Crippen MR) is 76.3 cm³/mol. The molecule has 0 spiro atoms. The minimum absolute atomic E-state index is 0.0831. The number of carbonyl (C=O) groups is 1. The molecular formula is C12H19N5OS. The summed E-state index contributed by atoms with van der Waals surface area (Å²) in [7, 11) is 0. The highest BCUT2D eigenvalue weighted by Crippen LogP contribution is 2.10. The second kappa shape index (κ2) is 6.81. The van der Waals surface area contributed by atoms with E-state index in [1.165, 1.54) is 0 Å². The van der Waals surface area contributed by atoms with Crippen molar-refractivity contribution in [2.45, 2.75) is 32.7 Å². The first-order valence-corrected chi connectivity index (χ1v) is 7.74. The Morgan fingerprint density at radius 2 is 2.16 bits per heavy atom. The van der Waals surface area contributed by atoms with Crippen molar-refractivity contribution in [1.82, 2.24) is 20.5 Å². The largest absolute Gasteiger partial charge is 0.304 e. The van der Waals surface area contributed by atoms with Crippen LogP contribution in [0.3, 0.4) is 0 Å². The zero-order valence-electron chi connectivity index (χ0n) is 11.3. The van der Waals surface area contributed by atoms with Crippen molar-refractivity contribution in [2.24, 2.45) is 0 Å². The summed E-state index contributed by atoms with van der Waals surface area (Å²) in [6.45, 7) is 4.90. The number of anilines is 1. The van der Waals surface area contributed by atoms with Crippen molar-refractivity contribution in [3.63, 3.8) is 0 Å². The standard InChI is InChI=1S/C12H19N5OS/c1-3-8-9(4-2)16-17-12(14-8)15-11(18)10-7-19-6-5-13-10/h10,13H,3-7H2,1-2H3,(H,14,15,17,18). The highest BCUT2D eigenvalue weighted by Gasteiger charge is 2.21. The molecule has 0 aromatic carbocycles. The maximum absolute atomic E-state index is 12.0. The monoisotopic (exact) mass is 281 g/mol. The van der Waals surface area contributed by atoms with Crippen LogP contribution in [0.5, 0.6) is 0 Å². The molecule has 0 bridgehead atoms. The van der Waals surface area contributed by atoms with Gasteiger partial charge in [-0.2, -0.15) is 11.8 Å². The number of thioether (sulfide) groups is 1. The number of nitrogens with zero attached hydrogens (tertiary/aromatic N) is 3. The van der Waals surface area contributed by atoms with Gasteiger partial charge in [-0.05, 0) is 12.8 Å². The first kappa shape index (κ1) is 14.2. The number of aryl methyl sites for hydroxylation is 2. The Morgan fingerprint density at radius 1 is 1.37 bits per heavy atom. The summed E-state index contributed by atoms with van der Waals surface area (Å²) >= 11 is 1.78. The molecule has 2 rings (SSSR count). The van der Waals surface area contributed by atoms with E-state index < -0.39 is 0 Å². The highest BCUT2D eigenvalue weighted by molar-refractivity contribution is 7.99. The van der Waals surface area contributed by atoms with E-state index in [9.17, 15) is 4.79 Å². The van der Waals surface area contributed by atoms with Gasteiger partial charge in [-0.1, -0.05) is 13.8 Å². The molecule has 1 amide bonds. The molecule has 6 nitrogen and oxygen atoms in total. The van der Waals surface area contributed by atoms with Crippen molar-refractivity contribution in [3.8, 4) is 0 Å². The van der Waals surface area contributed by atoms with E-state index in [2.05, 4.69) is 25.8 Å². The Hall–Kier alpha value is -1.21. The molecular weight excluding hydrogens is 262 g/mol. The zero-order valence-corrected chi connectivity index (χ0v) is 12.1. The molecule has 0 saturated carbocycles. The fourth-order valence-electron chi connectivity index (χ4n) is 1.92. The van der Waals surface area contributed by atoms with Gasteiger partial charge in [-0.3, -0.25) is 10.1 Å². The molecule has 1 fully saturated rings. The van der Waals surface area contributed by atoms with Gasteiger partial charge in [0.25, 0.3) is 0 Å². The Balaban J connectivity index is 2.03. The average molecular weight is 281 g/mol. The molecule has 1 aliphatic rings. The molecule has 1 aromatic rings. The third-order valence-corrected chi connectivity index (χ3v) is 4.04. The summed E-state index contributed by atoms with van der Waals surface area (Å²) in [6.07, 6.45) is 1.59. The van der Waals surface area contributed by atoms with Crippen LogP contribution in [-0.4, -0.2) is 45.2 Å². The highest BCUT2D eigenvalue weighted by atomic mass is 32.2. The maximum atomic E-state index is 12.0. The quantitative estimate of drug-likeness (QED) is 0.843. The molecule has 104 valence electrons. The average Bonchev–Trinajstić information content (AvgIpc) is 2.48. The second-order valence-electron chi connectivity index (χ2n) is 4.31. The van der Waals surface area contributed by atoms with Gasteiger partial charge in [0.1, 0.15) is 0 Å². The number of hydrogen-bond acceptors (Lipinski definition) is 6. The SMILES string of the molecule is CCc1nnc(NC(=O)C2CSCCN2)nc1CC. The molecule has 1 unspecified atom stereocenters. The number of hydrogen-bond donors (Lipinski definition) is 2. The molecule has 0 aliphatic carbocycles. The van der Waals surface area contributed by atoms with Crippen LogP contribution in [0.4, 0.5) is 5.95 Å². The number of nitrogens with one attached hydrogen (secondary N) is 2. The first-order valence-electron chi connectivity index (χ1n) is 6.59. The van der Waals surface area contributed by atoms with Gasteiger partial charge in [0.05, 0.1) is 17.4 Å². The normalized spacial score (nSPS) is 19.2. The molecule has 1 atom stereocenters. The number of amides is 1. The van der Waals surface area contributed by atoms with Crippen molar-refractivity contribution < 1.29 is 4.79 Å². The third-order valence-electron chi connectivity index (χ3n) is 2.98. The van der Waals surface area contributed by atoms with E-state index in [1.807, 2.05) is 13.8 Å². The summed E-state index contributed by atoms with van der Waals surface area (Å²) in [5, 5.41) is 14.0. The fraction of sp³-hybridized carbons (Fsp3) is 0.667. The van der Waals surface area contributed by atoms with E-state index >= 15 is 0 Å². The molecule has 2 heterocycles. The molecule has 1 aliphatic heterocycles. The Kier molecular flexibility index (Phi) is 5.09. The minimum Gasteiger partial charge on any atom is -0.304 e. The van der Waals surface area contributed by atoms with Gasteiger partial charge in [0.15, 0.2) is 0 Å². The molecule has 7 heteroatoms. The fourth-order valence-corrected chi connectivity index (χ4v) is 2.86.